The van der Waals surface area contributed by atoms with E-state index < -0.39 is 16.1 Å². The van der Waals surface area contributed by atoms with Crippen molar-refractivity contribution in [1.29, 1.82) is 0 Å². The number of hydrogen-bond donors (Lipinski definition) is 0. The molecule has 0 saturated heterocycles. The van der Waals surface area contributed by atoms with Gasteiger partial charge in [0.05, 0.1) is 0 Å². The molecule has 0 radical (unpaired) electrons. The molecule has 0 saturated carbocycles. The van der Waals surface area contributed by atoms with Gasteiger partial charge in [0.2, 0.25) is 0 Å². The fraction of sp³-hybridized carbons (Fsp3) is 0.409. The van der Waals surface area contributed by atoms with Crippen LogP contribution in [-0.4, -0.2) is 16.1 Å². The van der Waals surface area contributed by atoms with Gasteiger partial charge >= 0.3 is 0 Å². The summed E-state index contributed by atoms with van der Waals surface area (Å²) in [7, 11) is -3.70. The molecular formula is C44H52O2Si2. The van der Waals surface area contributed by atoms with Gasteiger partial charge in [0.25, 0.3) is 0 Å². The Morgan fingerprint density at radius 2 is 0.729 bits per heavy atom. The summed E-state index contributed by atoms with van der Waals surface area (Å²) < 4.78 is 12.7. The smallest absolute Gasteiger partial charge is 0.177 e. The summed E-state index contributed by atoms with van der Waals surface area (Å²) in [4.78, 5) is 0. The van der Waals surface area contributed by atoms with Gasteiger partial charge in [-0.05, 0) is 102 Å². The summed E-state index contributed by atoms with van der Waals surface area (Å²) >= 11 is 0. The lowest BCUT2D eigenvalue weighted by atomic mass is 9.96. The van der Waals surface area contributed by atoms with E-state index in [0.29, 0.717) is 33.2 Å². The van der Waals surface area contributed by atoms with E-state index in [9.17, 15) is 0 Å². The van der Waals surface area contributed by atoms with Crippen molar-refractivity contribution >= 4 is 70.4 Å². The summed E-state index contributed by atoms with van der Waals surface area (Å²) in [6, 6.07) is 22.1. The third kappa shape index (κ3) is 5.52. The molecule has 0 bridgehead atoms. The molecule has 2 heterocycles. The highest BCUT2D eigenvalue weighted by Gasteiger charge is 2.42. The SMILES string of the molecule is CC(C)[Si](C#Cc1cc2cc3c(ccc4c5cc6cc(C#C[Si](C(C)C)(C(C)C)C(C)C)oc6cc5ccc34)cc2o1)(C(C)C)C(C)C. The molecular weight excluding hydrogens is 617 g/mol. The second kappa shape index (κ2) is 12.6. The monoisotopic (exact) mass is 668 g/mol. The van der Waals surface area contributed by atoms with Gasteiger partial charge < -0.3 is 8.83 Å². The van der Waals surface area contributed by atoms with Crippen LogP contribution in [0.25, 0.3) is 54.3 Å². The molecule has 0 amide bonds. The maximum Gasteiger partial charge on any atom is 0.177 e. The molecule has 0 aliphatic heterocycles. The maximum absolute atomic E-state index is 6.35. The highest BCUT2D eigenvalue weighted by atomic mass is 28.3. The molecule has 2 aromatic heterocycles. The van der Waals surface area contributed by atoms with Crippen molar-refractivity contribution in [3.63, 3.8) is 0 Å². The zero-order chi connectivity index (χ0) is 34.7. The van der Waals surface area contributed by atoms with Crippen LogP contribution in [0, 0.1) is 22.9 Å². The summed E-state index contributed by atoms with van der Waals surface area (Å²) in [6.07, 6.45) is 0. The third-order valence-electron chi connectivity index (χ3n) is 11.6. The summed E-state index contributed by atoms with van der Waals surface area (Å²) in [5.74, 6) is 8.57. The Morgan fingerprint density at radius 3 is 1.04 bits per heavy atom. The van der Waals surface area contributed by atoms with Crippen LogP contribution in [0.4, 0.5) is 0 Å². The fourth-order valence-corrected chi connectivity index (χ4v) is 19.7. The van der Waals surface area contributed by atoms with Crippen molar-refractivity contribution in [3.8, 4) is 22.9 Å². The second-order valence-electron chi connectivity index (χ2n) is 16.0. The molecule has 48 heavy (non-hydrogen) atoms. The van der Waals surface area contributed by atoms with E-state index in [1.165, 1.54) is 32.3 Å². The zero-order valence-corrected chi connectivity index (χ0v) is 33.1. The molecule has 0 N–H and O–H groups in total. The first-order valence-corrected chi connectivity index (χ1v) is 22.5. The fourth-order valence-electron chi connectivity index (χ4n) is 9.27. The van der Waals surface area contributed by atoms with E-state index in [1.807, 2.05) is 0 Å². The van der Waals surface area contributed by atoms with Crippen molar-refractivity contribution < 1.29 is 8.83 Å². The molecule has 4 heteroatoms. The lowest BCUT2D eigenvalue weighted by Gasteiger charge is -2.37. The predicted molar refractivity (Wildman–Crippen MR) is 214 cm³/mol. The highest BCUT2D eigenvalue weighted by Crippen LogP contribution is 2.42. The van der Waals surface area contributed by atoms with Crippen LogP contribution in [0.15, 0.2) is 69.5 Å². The molecule has 0 atom stereocenters. The predicted octanol–water partition coefficient (Wildman–Crippen LogP) is 13.8. The Morgan fingerprint density at radius 1 is 0.396 bits per heavy atom. The lowest BCUT2D eigenvalue weighted by molar-refractivity contribution is 0.601. The third-order valence-corrected chi connectivity index (χ3v) is 24.2. The minimum Gasteiger partial charge on any atom is -0.448 e. The maximum atomic E-state index is 6.35. The van der Waals surface area contributed by atoms with E-state index >= 15 is 0 Å². The van der Waals surface area contributed by atoms with Crippen molar-refractivity contribution in [1.82, 2.24) is 0 Å². The van der Waals surface area contributed by atoms with Crippen LogP contribution in [0.3, 0.4) is 0 Å². The van der Waals surface area contributed by atoms with Gasteiger partial charge in [-0.1, -0.05) is 107 Å². The zero-order valence-electron chi connectivity index (χ0n) is 31.1. The number of benzene rings is 4. The first kappa shape index (κ1) is 34.2. The summed E-state index contributed by atoms with van der Waals surface area (Å²) in [6.45, 7) is 28.2. The van der Waals surface area contributed by atoms with Gasteiger partial charge in [-0.2, -0.15) is 0 Å². The Bertz CT molecular complexity index is 2080. The minimum atomic E-state index is -1.85. The van der Waals surface area contributed by atoms with E-state index in [-0.39, 0.29) is 0 Å². The van der Waals surface area contributed by atoms with Crippen molar-refractivity contribution in [2.24, 2.45) is 0 Å². The van der Waals surface area contributed by atoms with E-state index in [1.54, 1.807) is 0 Å². The van der Waals surface area contributed by atoms with Crippen LogP contribution in [0.1, 0.15) is 94.6 Å². The summed E-state index contributed by atoms with van der Waals surface area (Å²) in [5.41, 5.74) is 13.0. The molecule has 0 fully saturated rings. The first-order chi connectivity index (χ1) is 22.7. The Kier molecular flexibility index (Phi) is 8.99. The number of hydrogen-bond acceptors (Lipinski definition) is 2. The quantitative estimate of drug-likeness (QED) is 0.100. The van der Waals surface area contributed by atoms with Gasteiger partial charge in [-0.15, -0.1) is 11.1 Å². The first-order valence-electron chi connectivity index (χ1n) is 18.0. The number of fused-ring (bicyclic) bond motifs is 7. The number of furan rings is 2. The van der Waals surface area contributed by atoms with Gasteiger partial charge in [0.1, 0.15) is 27.3 Å². The molecule has 0 spiro atoms. The van der Waals surface area contributed by atoms with Gasteiger partial charge in [0.15, 0.2) is 11.5 Å². The molecule has 6 rings (SSSR count). The van der Waals surface area contributed by atoms with Crippen LogP contribution < -0.4 is 0 Å². The Balaban J connectivity index is 1.44. The average Bonchev–Trinajstić information content (AvgIpc) is 3.60. The van der Waals surface area contributed by atoms with Crippen LogP contribution in [0.2, 0.25) is 33.2 Å². The molecule has 0 aliphatic carbocycles. The van der Waals surface area contributed by atoms with Crippen molar-refractivity contribution in [2.75, 3.05) is 0 Å². The normalized spacial score (nSPS) is 13.0. The largest absolute Gasteiger partial charge is 0.448 e. The van der Waals surface area contributed by atoms with Crippen LogP contribution in [-0.2, 0) is 0 Å². The molecule has 248 valence electrons. The van der Waals surface area contributed by atoms with Crippen LogP contribution in [0.5, 0.6) is 0 Å². The van der Waals surface area contributed by atoms with Crippen LogP contribution >= 0.6 is 0 Å². The standard InChI is InChI=1S/C44H52O2Si2/c1-27(2)47(28(3)4,29(5)6)19-17-37-21-35-23-41-33(25-43(35)45-37)13-15-40-39(41)16-14-34-26-44-36(24-42(34)40)22-38(46-44)18-20-48(30(7)8,31(9)10)32(11)12/h13-16,21-32H,1-12H3. The van der Waals surface area contributed by atoms with Crippen molar-refractivity contribution in [2.45, 2.75) is 116 Å². The topological polar surface area (TPSA) is 26.3 Å². The molecule has 0 aliphatic rings. The summed E-state index contributed by atoms with van der Waals surface area (Å²) in [5, 5.41) is 9.49. The van der Waals surface area contributed by atoms with E-state index in [2.05, 4.69) is 167 Å². The minimum absolute atomic E-state index is 0.585. The van der Waals surface area contributed by atoms with E-state index in [4.69, 9.17) is 8.83 Å². The number of rotatable bonds is 6. The second-order valence-corrected chi connectivity index (χ2v) is 27.1. The van der Waals surface area contributed by atoms with Gasteiger partial charge in [-0.25, -0.2) is 0 Å². The van der Waals surface area contributed by atoms with Gasteiger partial charge in [-0.3, -0.25) is 0 Å². The average molecular weight is 669 g/mol. The van der Waals surface area contributed by atoms with Gasteiger partial charge in [0, 0.05) is 22.9 Å². The Labute approximate surface area is 289 Å². The highest BCUT2D eigenvalue weighted by molar-refractivity contribution is 6.91. The Hall–Kier alpha value is -3.71. The molecule has 2 nitrogen and oxygen atoms in total. The molecule has 6 aromatic rings. The van der Waals surface area contributed by atoms with Crippen molar-refractivity contribution in [3.05, 3.63) is 72.2 Å². The molecule has 0 unspecified atom stereocenters. The molecule has 4 aromatic carbocycles. The van der Waals surface area contributed by atoms with E-state index in [0.717, 1.165) is 33.5 Å². The lowest BCUT2D eigenvalue weighted by Crippen LogP contribution is -2.43.